The molecule has 1 N–H and O–H groups in total. The van der Waals surface area contributed by atoms with E-state index in [-0.39, 0.29) is 0 Å². The van der Waals surface area contributed by atoms with Crippen LogP contribution in [0.4, 0.5) is 13.2 Å². The largest absolute Gasteiger partial charge is 0.451 e. The molecule has 0 amide bonds. The van der Waals surface area contributed by atoms with E-state index in [9.17, 15) is 13.2 Å². The van der Waals surface area contributed by atoms with Crippen molar-refractivity contribution in [3.8, 4) is 0 Å². The Balaban J connectivity index is 1.76. The van der Waals surface area contributed by atoms with Crippen molar-refractivity contribution in [1.29, 1.82) is 0 Å². The van der Waals surface area contributed by atoms with Crippen molar-refractivity contribution < 1.29 is 13.2 Å². The second kappa shape index (κ2) is 4.78. The van der Waals surface area contributed by atoms with Gasteiger partial charge in [-0.2, -0.15) is 13.2 Å². The standard InChI is InChI=1S/C16H15F3N4/c1-10-2-3-13-11(8-10)12-9-22(6-4-14(12)21-13)23-7-5-20-15(23)16(17,18)19/h2-3,5,7-8,21H,4,6,9H2,1H3. The number of H-pyrrole nitrogens is 1. The van der Waals surface area contributed by atoms with Gasteiger partial charge < -0.3 is 9.99 Å². The van der Waals surface area contributed by atoms with Crippen molar-refractivity contribution in [2.24, 2.45) is 0 Å². The third-order valence-electron chi connectivity index (χ3n) is 4.29. The summed E-state index contributed by atoms with van der Waals surface area (Å²) in [7, 11) is 0. The SMILES string of the molecule is Cc1ccc2[nH]c3c(c2c1)CN(n1ccnc1C(F)(F)F)CC3. The number of hydrogen-bond acceptors (Lipinski definition) is 2. The van der Waals surface area contributed by atoms with E-state index in [1.165, 1.54) is 12.4 Å². The molecule has 0 atom stereocenters. The molecule has 0 radical (unpaired) electrons. The van der Waals surface area contributed by atoms with E-state index in [0.717, 1.165) is 32.4 Å². The Morgan fingerprint density at radius 1 is 1.26 bits per heavy atom. The lowest BCUT2D eigenvalue weighted by atomic mass is 10.0. The summed E-state index contributed by atoms with van der Waals surface area (Å²) < 4.78 is 40.3. The zero-order chi connectivity index (χ0) is 16.2. The van der Waals surface area contributed by atoms with Crippen LogP contribution in [0.2, 0.25) is 0 Å². The molecule has 23 heavy (non-hydrogen) atoms. The fraction of sp³-hybridized carbons (Fsp3) is 0.312. The molecule has 2 aromatic heterocycles. The highest BCUT2D eigenvalue weighted by Gasteiger charge is 2.38. The molecule has 120 valence electrons. The number of imidazole rings is 1. The van der Waals surface area contributed by atoms with Gasteiger partial charge in [0.15, 0.2) is 0 Å². The summed E-state index contributed by atoms with van der Waals surface area (Å²) in [4.78, 5) is 6.85. The predicted octanol–water partition coefficient (Wildman–Crippen LogP) is 3.39. The van der Waals surface area contributed by atoms with Crippen LogP contribution in [0.3, 0.4) is 0 Å². The van der Waals surface area contributed by atoms with Gasteiger partial charge in [-0.05, 0) is 19.1 Å². The van der Waals surface area contributed by atoms with Gasteiger partial charge in [0.05, 0.1) is 6.54 Å². The molecule has 0 spiro atoms. The highest BCUT2D eigenvalue weighted by Crippen LogP contribution is 2.31. The summed E-state index contributed by atoms with van der Waals surface area (Å²) >= 11 is 0. The van der Waals surface area contributed by atoms with Gasteiger partial charge in [0.2, 0.25) is 5.82 Å². The van der Waals surface area contributed by atoms with E-state index < -0.39 is 12.0 Å². The summed E-state index contributed by atoms with van der Waals surface area (Å²) in [6.45, 7) is 2.95. The quantitative estimate of drug-likeness (QED) is 0.746. The van der Waals surface area contributed by atoms with Crippen LogP contribution in [0.15, 0.2) is 30.6 Å². The zero-order valence-corrected chi connectivity index (χ0v) is 12.5. The molecule has 0 saturated carbocycles. The Labute approximate surface area is 130 Å². The Morgan fingerprint density at radius 3 is 2.87 bits per heavy atom. The molecule has 0 unspecified atom stereocenters. The van der Waals surface area contributed by atoms with E-state index in [2.05, 4.69) is 16.0 Å². The van der Waals surface area contributed by atoms with E-state index in [1.807, 2.05) is 19.1 Å². The van der Waals surface area contributed by atoms with Crippen molar-refractivity contribution >= 4 is 10.9 Å². The summed E-state index contributed by atoms with van der Waals surface area (Å²) in [5.41, 5.74) is 4.34. The fourth-order valence-electron chi connectivity index (χ4n) is 3.23. The van der Waals surface area contributed by atoms with E-state index in [4.69, 9.17) is 0 Å². The van der Waals surface area contributed by atoms with E-state index >= 15 is 0 Å². The number of aromatic nitrogens is 3. The second-order valence-electron chi connectivity index (χ2n) is 5.86. The first-order valence-corrected chi connectivity index (χ1v) is 7.39. The average Bonchev–Trinajstić information content (AvgIpc) is 3.10. The normalized spacial score (nSPS) is 15.2. The van der Waals surface area contributed by atoms with Crippen molar-refractivity contribution in [2.75, 3.05) is 11.6 Å². The Morgan fingerprint density at radius 2 is 2.09 bits per heavy atom. The minimum Gasteiger partial charge on any atom is -0.358 e. The van der Waals surface area contributed by atoms with Crippen LogP contribution in [-0.4, -0.2) is 21.2 Å². The molecule has 1 aliphatic heterocycles. The van der Waals surface area contributed by atoms with Crippen LogP contribution in [-0.2, 0) is 19.1 Å². The molecule has 1 aliphatic rings. The Hall–Kier alpha value is -2.44. The third-order valence-corrected chi connectivity index (χ3v) is 4.29. The lowest BCUT2D eigenvalue weighted by Crippen LogP contribution is -2.41. The van der Waals surface area contributed by atoms with Gasteiger partial charge in [-0.25, -0.2) is 9.66 Å². The summed E-state index contributed by atoms with van der Waals surface area (Å²) in [6.07, 6.45) is -1.22. The minimum absolute atomic E-state index is 0.429. The lowest BCUT2D eigenvalue weighted by molar-refractivity contribution is -0.147. The van der Waals surface area contributed by atoms with E-state index in [1.54, 1.807) is 5.01 Å². The molecular formula is C16H15F3N4. The Bertz CT molecular complexity index is 875. The second-order valence-corrected chi connectivity index (χ2v) is 5.86. The molecule has 0 bridgehead atoms. The van der Waals surface area contributed by atoms with Gasteiger partial charge in [-0.3, -0.25) is 0 Å². The first-order chi connectivity index (χ1) is 10.9. The molecule has 3 heterocycles. The monoisotopic (exact) mass is 320 g/mol. The Kier molecular flexibility index (Phi) is 2.94. The van der Waals surface area contributed by atoms with Gasteiger partial charge in [-0.15, -0.1) is 0 Å². The summed E-state index contributed by atoms with van der Waals surface area (Å²) in [5.74, 6) is -0.878. The molecular weight excluding hydrogens is 305 g/mol. The highest BCUT2D eigenvalue weighted by molar-refractivity contribution is 5.85. The number of fused-ring (bicyclic) bond motifs is 3. The molecule has 0 saturated heterocycles. The van der Waals surface area contributed by atoms with Crippen LogP contribution < -0.4 is 5.01 Å². The number of nitrogens with zero attached hydrogens (tertiary/aromatic N) is 3. The van der Waals surface area contributed by atoms with Crippen LogP contribution in [0.5, 0.6) is 0 Å². The number of rotatable bonds is 1. The molecule has 0 aliphatic carbocycles. The average molecular weight is 320 g/mol. The maximum absolute atomic E-state index is 13.1. The summed E-state index contributed by atoms with van der Waals surface area (Å²) in [5, 5.41) is 2.77. The van der Waals surface area contributed by atoms with Crippen molar-refractivity contribution in [1.82, 2.24) is 14.6 Å². The molecule has 1 aromatic carbocycles. The van der Waals surface area contributed by atoms with Crippen LogP contribution >= 0.6 is 0 Å². The molecule has 4 rings (SSSR count). The van der Waals surface area contributed by atoms with Crippen molar-refractivity contribution in [2.45, 2.75) is 26.1 Å². The molecule has 3 aromatic rings. The molecule has 7 heteroatoms. The number of aromatic amines is 1. The zero-order valence-electron chi connectivity index (χ0n) is 12.5. The van der Waals surface area contributed by atoms with Gasteiger partial charge in [-0.1, -0.05) is 11.6 Å². The van der Waals surface area contributed by atoms with Gasteiger partial charge >= 0.3 is 6.18 Å². The lowest BCUT2D eigenvalue weighted by Gasteiger charge is -2.31. The number of hydrogen-bond donors (Lipinski definition) is 1. The topological polar surface area (TPSA) is 36.9 Å². The van der Waals surface area contributed by atoms with Crippen molar-refractivity contribution in [3.63, 3.8) is 0 Å². The third kappa shape index (κ3) is 2.27. The highest BCUT2D eigenvalue weighted by atomic mass is 19.4. The van der Waals surface area contributed by atoms with E-state index in [0.29, 0.717) is 19.5 Å². The van der Waals surface area contributed by atoms with Gasteiger partial charge in [0.25, 0.3) is 0 Å². The molecule has 0 fully saturated rings. The van der Waals surface area contributed by atoms with Crippen molar-refractivity contribution in [3.05, 3.63) is 53.2 Å². The predicted molar refractivity (Wildman–Crippen MR) is 80.8 cm³/mol. The number of halogens is 3. The van der Waals surface area contributed by atoms with Crippen LogP contribution in [0.1, 0.15) is 22.6 Å². The number of nitrogens with one attached hydrogen (secondary N) is 1. The maximum atomic E-state index is 13.1. The first kappa shape index (κ1) is 14.2. The van der Waals surface area contributed by atoms with Crippen LogP contribution in [0.25, 0.3) is 10.9 Å². The first-order valence-electron chi connectivity index (χ1n) is 7.39. The molecule has 4 nitrogen and oxygen atoms in total. The number of alkyl halides is 3. The minimum atomic E-state index is -4.46. The smallest absolute Gasteiger partial charge is 0.358 e. The fourth-order valence-corrected chi connectivity index (χ4v) is 3.23. The van der Waals surface area contributed by atoms with Gasteiger partial charge in [0, 0.05) is 47.5 Å². The summed E-state index contributed by atoms with van der Waals surface area (Å²) in [6, 6.07) is 6.12. The van der Waals surface area contributed by atoms with Crippen LogP contribution in [0, 0.1) is 6.92 Å². The van der Waals surface area contributed by atoms with Gasteiger partial charge in [0.1, 0.15) is 0 Å². The number of benzene rings is 1. The maximum Gasteiger partial charge on any atom is 0.451 e. The number of aryl methyl sites for hydroxylation is 1.